The highest BCUT2D eigenvalue weighted by Crippen LogP contribution is 2.34. The van der Waals surface area contributed by atoms with Crippen molar-refractivity contribution in [3.05, 3.63) is 29.3 Å². The van der Waals surface area contributed by atoms with Crippen molar-refractivity contribution in [3.63, 3.8) is 0 Å². The number of aryl methyl sites for hydroxylation is 1. The summed E-state index contributed by atoms with van der Waals surface area (Å²) in [6.45, 7) is 7.74. The molecular weight excluding hydrogens is 222 g/mol. The van der Waals surface area contributed by atoms with Gasteiger partial charge in [0.05, 0.1) is 0 Å². The Hall–Kier alpha value is -1.02. The zero-order valence-electron chi connectivity index (χ0n) is 11.8. The number of nitrogens with zero attached hydrogens (tertiary/aromatic N) is 1. The minimum atomic E-state index is 0.315. The summed E-state index contributed by atoms with van der Waals surface area (Å²) in [6.07, 6.45) is 5.14. The van der Waals surface area contributed by atoms with Crippen LogP contribution in [0.4, 0.5) is 0 Å². The fraction of sp³-hybridized carbons (Fsp3) is 0.625. The number of hydrogen-bond donors (Lipinski definition) is 1. The summed E-state index contributed by atoms with van der Waals surface area (Å²) in [5.41, 5.74) is 2.30. The van der Waals surface area contributed by atoms with Gasteiger partial charge in [-0.1, -0.05) is 31.0 Å². The Balaban J connectivity index is 2.23. The van der Waals surface area contributed by atoms with Crippen molar-refractivity contribution < 1.29 is 5.11 Å². The number of phenolic OH excluding ortho intramolecular Hbond substituents is 1. The lowest BCUT2D eigenvalue weighted by Gasteiger charge is -2.40. The van der Waals surface area contributed by atoms with Crippen LogP contribution in [0, 0.1) is 6.92 Å². The molecule has 1 aliphatic rings. The third kappa shape index (κ3) is 2.69. The van der Waals surface area contributed by atoms with Crippen molar-refractivity contribution in [1.82, 2.24) is 4.90 Å². The van der Waals surface area contributed by atoms with Crippen LogP contribution in [0.15, 0.2) is 18.2 Å². The molecule has 2 heteroatoms. The summed E-state index contributed by atoms with van der Waals surface area (Å²) >= 11 is 0. The number of benzene rings is 1. The molecule has 2 rings (SSSR count). The first kappa shape index (κ1) is 13.4. The summed E-state index contributed by atoms with van der Waals surface area (Å²) in [6, 6.07) is 6.91. The van der Waals surface area contributed by atoms with Gasteiger partial charge in [0.15, 0.2) is 0 Å². The monoisotopic (exact) mass is 247 g/mol. The van der Waals surface area contributed by atoms with Crippen LogP contribution in [0.25, 0.3) is 0 Å². The summed E-state index contributed by atoms with van der Waals surface area (Å²) < 4.78 is 0. The van der Waals surface area contributed by atoms with Gasteiger partial charge in [-0.25, -0.2) is 0 Å². The van der Waals surface area contributed by atoms with E-state index in [0.717, 1.165) is 12.1 Å². The van der Waals surface area contributed by atoms with Crippen molar-refractivity contribution in [1.29, 1.82) is 0 Å². The van der Waals surface area contributed by atoms with Gasteiger partial charge < -0.3 is 5.11 Å². The average molecular weight is 247 g/mol. The molecule has 0 aliphatic carbocycles. The van der Waals surface area contributed by atoms with Crippen molar-refractivity contribution in [2.45, 2.75) is 58.5 Å². The largest absolute Gasteiger partial charge is 0.508 e. The van der Waals surface area contributed by atoms with E-state index < -0.39 is 0 Å². The Labute approximate surface area is 111 Å². The molecule has 0 spiro atoms. The van der Waals surface area contributed by atoms with Gasteiger partial charge in [0, 0.05) is 17.6 Å². The average Bonchev–Trinajstić information content (AvgIpc) is 2.40. The number of likely N-dealkylation sites (tertiary alicyclic amines) is 1. The quantitative estimate of drug-likeness (QED) is 0.871. The van der Waals surface area contributed by atoms with E-state index in [1.807, 2.05) is 12.1 Å². The van der Waals surface area contributed by atoms with Crippen LogP contribution in [0.5, 0.6) is 5.75 Å². The van der Waals surface area contributed by atoms with Crippen molar-refractivity contribution >= 4 is 0 Å². The van der Waals surface area contributed by atoms with Gasteiger partial charge in [-0.05, 0) is 45.7 Å². The molecule has 1 aromatic carbocycles. The van der Waals surface area contributed by atoms with Gasteiger partial charge in [-0.3, -0.25) is 4.90 Å². The third-order valence-corrected chi connectivity index (χ3v) is 4.27. The van der Waals surface area contributed by atoms with Crippen LogP contribution in [-0.4, -0.2) is 22.6 Å². The highest BCUT2D eigenvalue weighted by molar-refractivity contribution is 5.37. The topological polar surface area (TPSA) is 23.5 Å². The zero-order chi connectivity index (χ0) is 13.1. The van der Waals surface area contributed by atoms with Gasteiger partial charge in [0.2, 0.25) is 0 Å². The molecule has 2 unspecified atom stereocenters. The van der Waals surface area contributed by atoms with Crippen molar-refractivity contribution in [2.24, 2.45) is 0 Å². The van der Waals surface area contributed by atoms with Crippen LogP contribution < -0.4 is 0 Å². The molecule has 1 saturated heterocycles. The molecule has 0 bridgehead atoms. The number of hydrogen-bond acceptors (Lipinski definition) is 2. The Bertz CT molecular complexity index is 402. The molecule has 100 valence electrons. The number of piperidine rings is 1. The Morgan fingerprint density at radius 3 is 2.89 bits per heavy atom. The van der Waals surface area contributed by atoms with E-state index >= 15 is 0 Å². The predicted octanol–water partition coefficient (Wildman–Crippen LogP) is 4.03. The molecule has 1 fully saturated rings. The van der Waals surface area contributed by atoms with Crippen LogP contribution in [0.1, 0.15) is 56.7 Å². The van der Waals surface area contributed by atoms with E-state index in [2.05, 4.69) is 31.7 Å². The first-order chi connectivity index (χ1) is 8.63. The zero-order valence-corrected chi connectivity index (χ0v) is 11.8. The summed E-state index contributed by atoms with van der Waals surface area (Å²) in [5, 5.41) is 10.1. The van der Waals surface area contributed by atoms with Crippen LogP contribution in [0.3, 0.4) is 0 Å². The molecule has 2 atom stereocenters. The van der Waals surface area contributed by atoms with Crippen LogP contribution in [-0.2, 0) is 0 Å². The molecule has 18 heavy (non-hydrogen) atoms. The number of aromatic hydroxyl groups is 1. The highest BCUT2D eigenvalue weighted by Gasteiger charge is 2.27. The van der Waals surface area contributed by atoms with Gasteiger partial charge in [0.25, 0.3) is 0 Å². The lowest BCUT2D eigenvalue weighted by atomic mass is 9.94. The predicted molar refractivity (Wildman–Crippen MR) is 75.9 cm³/mol. The molecule has 0 radical (unpaired) electrons. The molecular formula is C16H25NO. The highest BCUT2D eigenvalue weighted by atomic mass is 16.3. The standard InChI is InChI=1S/C16H25NO/c1-4-14-7-5-6-10-17(14)13(3)15-11-12(2)8-9-16(15)18/h8-9,11,13-14,18H,4-7,10H2,1-3H3. The van der Waals surface area contributed by atoms with Gasteiger partial charge >= 0.3 is 0 Å². The van der Waals surface area contributed by atoms with Crippen LogP contribution in [0.2, 0.25) is 0 Å². The van der Waals surface area contributed by atoms with E-state index in [1.54, 1.807) is 0 Å². The Morgan fingerprint density at radius 2 is 2.17 bits per heavy atom. The van der Waals surface area contributed by atoms with E-state index in [1.165, 1.54) is 31.2 Å². The number of phenols is 1. The lowest BCUT2D eigenvalue weighted by molar-refractivity contribution is 0.0987. The first-order valence-corrected chi connectivity index (χ1v) is 7.18. The summed E-state index contributed by atoms with van der Waals surface area (Å²) in [7, 11) is 0. The molecule has 1 aromatic rings. The van der Waals surface area contributed by atoms with E-state index in [4.69, 9.17) is 0 Å². The molecule has 0 saturated carbocycles. The van der Waals surface area contributed by atoms with E-state index in [0.29, 0.717) is 17.8 Å². The summed E-state index contributed by atoms with van der Waals surface area (Å²) in [5.74, 6) is 0.438. The SMILES string of the molecule is CCC1CCCCN1C(C)c1cc(C)ccc1O. The molecule has 1 N–H and O–H groups in total. The van der Waals surface area contributed by atoms with Gasteiger partial charge in [-0.2, -0.15) is 0 Å². The van der Waals surface area contributed by atoms with Crippen molar-refractivity contribution in [2.75, 3.05) is 6.54 Å². The fourth-order valence-electron chi connectivity index (χ4n) is 3.16. The molecule has 0 aromatic heterocycles. The molecule has 1 aliphatic heterocycles. The second-order valence-corrected chi connectivity index (χ2v) is 5.53. The third-order valence-electron chi connectivity index (χ3n) is 4.27. The van der Waals surface area contributed by atoms with E-state index in [-0.39, 0.29) is 0 Å². The maximum absolute atomic E-state index is 10.1. The second kappa shape index (κ2) is 5.75. The maximum Gasteiger partial charge on any atom is 0.120 e. The normalized spacial score (nSPS) is 22.9. The van der Waals surface area contributed by atoms with Gasteiger partial charge in [0.1, 0.15) is 5.75 Å². The number of rotatable bonds is 3. The minimum absolute atomic E-state index is 0.315. The van der Waals surface area contributed by atoms with Gasteiger partial charge in [-0.15, -0.1) is 0 Å². The smallest absolute Gasteiger partial charge is 0.120 e. The Morgan fingerprint density at radius 1 is 1.39 bits per heavy atom. The lowest BCUT2D eigenvalue weighted by Crippen LogP contribution is -2.40. The first-order valence-electron chi connectivity index (χ1n) is 7.18. The molecule has 2 nitrogen and oxygen atoms in total. The second-order valence-electron chi connectivity index (χ2n) is 5.53. The minimum Gasteiger partial charge on any atom is -0.508 e. The maximum atomic E-state index is 10.1. The fourth-order valence-corrected chi connectivity index (χ4v) is 3.16. The Kier molecular flexibility index (Phi) is 4.28. The summed E-state index contributed by atoms with van der Waals surface area (Å²) in [4.78, 5) is 2.57. The van der Waals surface area contributed by atoms with E-state index in [9.17, 15) is 5.11 Å². The van der Waals surface area contributed by atoms with Crippen LogP contribution >= 0.6 is 0 Å². The van der Waals surface area contributed by atoms with Crippen molar-refractivity contribution in [3.8, 4) is 5.75 Å². The molecule has 0 amide bonds. The molecule has 1 heterocycles.